The largest absolute Gasteiger partial charge is 0.459 e. The summed E-state index contributed by atoms with van der Waals surface area (Å²) >= 11 is 6.20. The predicted octanol–water partition coefficient (Wildman–Crippen LogP) is 5.60. The van der Waals surface area contributed by atoms with Crippen molar-refractivity contribution >= 4 is 22.6 Å². The molecule has 3 heteroatoms. The number of benzene rings is 2. The Hall–Kier alpha value is -1.77. The summed E-state index contributed by atoms with van der Waals surface area (Å²) in [5.41, 5.74) is 3.22. The van der Waals surface area contributed by atoms with E-state index in [-0.39, 0.29) is 0 Å². The van der Waals surface area contributed by atoms with E-state index in [1.807, 2.05) is 24.3 Å². The van der Waals surface area contributed by atoms with Gasteiger partial charge < -0.3 is 4.42 Å². The van der Waals surface area contributed by atoms with E-state index >= 15 is 0 Å². The summed E-state index contributed by atoms with van der Waals surface area (Å²) in [4.78, 5) is 2.35. The number of hydrogen-bond acceptors (Lipinski definition) is 2. The molecule has 0 fully saturated rings. The monoisotopic (exact) mass is 313 g/mol. The van der Waals surface area contributed by atoms with Crippen LogP contribution in [-0.2, 0) is 6.54 Å². The molecule has 0 bridgehead atoms. The lowest BCUT2D eigenvalue weighted by Gasteiger charge is -2.17. The Bertz CT molecular complexity index is 760. The summed E-state index contributed by atoms with van der Waals surface area (Å²) < 4.78 is 6.14. The second kappa shape index (κ2) is 6.55. The van der Waals surface area contributed by atoms with E-state index in [1.165, 1.54) is 5.56 Å². The smallest absolute Gasteiger partial charge is 0.135 e. The summed E-state index contributed by atoms with van der Waals surface area (Å²) in [6.07, 6.45) is 0. The minimum Gasteiger partial charge on any atom is -0.459 e. The fraction of sp³-hybridized carbons (Fsp3) is 0.263. The van der Waals surface area contributed by atoms with Crippen molar-refractivity contribution in [1.29, 1.82) is 0 Å². The molecule has 3 aromatic rings. The third-order valence-electron chi connectivity index (χ3n) is 4.05. The lowest BCUT2D eigenvalue weighted by Crippen LogP contribution is -2.22. The Morgan fingerprint density at radius 3 is 2.41 bits per heavy atom. The van der Waals surface area contributed by atoms with Gasteiger partial charge in [-0.1, -0.05) is 55.8 Å². The molecular formula is C19H20ClNO. The van der Waals surface area contributed by atoms with Crippen LogP contribution in [0, 0.1) is 0 Å². The molecular weight excluding hydrogens is 294 g/mol. The number of furan rings is 1. The number of halogens is 1. The maximum Gasteiger partial charge on any atom is 0.135 e. The first-order valence-corrected chi connectivity index (χ1v) is 8.09. The zero-order chi connectivity index (χ0) is 15.5. The lowest BCUT2D eigenvalue weighted by molar-refractivity contribution is 0.273. The predicted molar refractivity (Wildman–Crippen MR) is 93.3 cm³/mol. The van der Waals surface area contributed by atoms with Gasteiger partial charge >= 0.3 is 0 Å². The molecule has 2 aromatic carbocycles. The summed E-state index contributed by atoms with van der Waals surface area (Å²) in [6.45, 7) is 7.16. The Morgan fingerprint density at radius 2 is 1.73 bits per heavy atom. The Morgan fingerprint density at radius 1 is 1.00 bits per heavy atom. The number of hydrogen-bond donors (Lipinski definition) is 0. The third kappa shape index (κ3) is 2.90. The molecule has 114 valence electrons. The van der Waals surface area contributed by atoms with Crippen LogP contribution in [0.25, 0.3) is 22.1 Å². The lowest BCUT2D eigenvalue weighted by atomic mass is 10.0. The van der Waals surface area contributed by atoms with E-state index in [0.29, 0.717) is 0 Å². The van der Waals surface area contributed by atoms with E-state index in [1.54, 1.807) is 0 Å². The molecule has 0 spiro atoms. The van der Waals surface area contributed by atoms with Crippen LogP contribution in [-0.4, -0.2) is 18.0 Å². The average molecular weight is 314 g/mol. The molecule has 2 nitrogen and oxygen atoms in total. The molecule has 0 aliphatic heterocycles. The summed E-state index contributed by atoms with van der Waals surface area (Å²) in [5.74, 6) is 1.01. The van der Waals surface area contributed by atoms with E-state index in [2.05, 4.69) is 43.0 Å². The molecule has 1 aromatic heterocycles. The van der Waals surface area contributed by atoms with Crippen LogP contribution < -0.4 is 0 Å². The summed E-state index contributed by atoms with van der Waals surface area (Å²) in [6, 6.07) is 16.2. The molecule has 0 N–H and O–H groups in total. The highest BCUT2D eigenvalue weighted by molar-refractivity contribution is 6.31. The van der Waals surface area contributed by atoms with E-state index < -0.39 is 0 Å². The van der Waals surface area contributed by atoms with Crippen molar-refractivity contribution in [2.24, 2.45) is 0 Å². The highest BCUT2D eigenvalue weighted by atomic mass is 35.5. The van der Waals surface area contributed by atoms with Crippen LogP contribution in [0.3, 0.4) is 0 Å². The number of nitrogens with zero attached hydrogens (tertiary/aromatic N) is 1. The van der Waals surface area contributed by atoms with Gasteiger partial charge in [-0.15, -0.1) is 0 Å². The zero-order valence-corrected chi connectivity index (χ0v) is 13.7. The van der Waals surface area contributed by atoms with Gasteiger partial charge in [-0.25, -0.2) is 0 Å². The van der Waals surface area contributed by atoms with Gasteiger partial charge in [-0.05, 0) is 36.9 Å². The van der Waals surface area contributed by atoms with Crippen LogP contribution in [0.4, 0.5) is 0 Å². The van der Waals surface area contributed by atoms with Crippen LogP contribution in [0.15, 0.2) is 52.9 Å². The highest BCUT2D eigenvalue weighted by Crippen LogP contribution is 2.36. The van der Waals surface area contributed by atoms with Crippen LogP contribution in [0.2, 0.25) is 5.02 Å². The molecule has 22 heavy (non-hydrogen) atoms. The van der Waals surface area contributed by atoms with Gasteiger partial charge in [-0.3, -0.25) is 4.90 Å². The molecule has 0 aliphatic carbocycles. The van der Waals surface area contributed by atoms with Gasteiger partial charge in [0.05, 0.1) is 6.54 Å². The van der Waals surface area contributed by atoms with Crippen molar-refractivity contribution in [2.75, 3.05) is 13.1 Å². The molecule has 1 heterocycles. The highest BCUT2D eigenvalue weighted by Gasteiger charge is 2.17. The molecule has 0 amide bonds. The van der Waals surface area contributed by atoms with Gasteiger partial charge in [0.25, 0.3) is 0 Å². The first-order chi connectivity index (χ1) is 10.7. The molecule has 0 aliphatic rings. The van der Waals surface area contributed by atoms with Gasteiger partial charge in [0.15, 0.2) is 0 Å². The second-order valence-electron chi connectivity index (χ2n) is 5.37. The average Bonchev–Trinajstić information content (AvgIpc) is 2.90. The number of fused-ring (bicyclic) bond motifs is 1. The van der Waals surface area contributed by atoms with Crippen molar-refractivity contribution in [3.05, 3.63) is 59.3 Å². The second-order valence-corrected chi connectivity index (χ2v) is 5.80. The molecule has 0 atom stereocenters. The molecule has 0 unspecified atom stereocenters. The topological polar surface area (TPSA) is 16.4 Å². The SMILES string of the molecule is CCN(CC)Cc1oc2ccc(Cl)cc2c1-c1ccccc1. The maximum atomic E-state index is 6.20. The van der Waals surface area contributed by atoms with Gasteiger partial charge in [-0.2, -0.15) is 0 Å². The Balaban J connectivity index is 2.18. The number of rotatable bonds is 5. The van der Waals surface area contributed by atoms with Crippen molar-refractivity contribution in [1.82, 2.24) is 4.90 Å². The Kier molecular flexibility index (Phi) is 4.51. The van der Waals surface area contributed by atoms with Crippen molar-refractivity contribution in [2.45, 2.75) is 20.4 Å². The first-order valence-electron chi connectivity index (χ1n) is 7.71. The fourth-order valence-electron chi connectivity index (χ4n) is 2.80. The van der Waals surface area contributed by atoms with Crippen molar-refractivity contribution in [3.8, 4) is 11.1 Å². The van der Waals surface area contributed by atoms with E-state index in [0.717, 1.165) is 46.9 Å². The van der Waals surface area contributed by atoms with Crippen molar-refractivity contribution < 1.29 is 4.42 Å². The van der Waals surface area contributed by atoms with Gasteiger partial charge in [0.1, 0.15) is 11.3 Å². The van der Waals surface area contributed by atoms with Crippen molar-refractivity contribution in [3.63, 3.8) is 0 Å². The summed E-state index contributed by atoms with van der Waals surface area (Å²) in [7, 11) is 0. The minimum absolute atomic E-state index is 0.736. The van der Waals surface area contributed by atoms with Gasteiger partial charge in [0.2, 0.25) is 0 Å². The quantitative estimate of drug-likeness (QED) is 0.610. The van der Waals surface area contributed by atoms with Crippen LogP contribution in [0.1, 0.15) is 19.6 Å². The Labute approximate surface area is 136 Å². The molecule has 0 saturated heterocycles. The zero-order valence-electron chi connectivity index (χ0n) is 13.0. The fourth-order valence-corrected chi connectivity index (χ4v) is 2.98. The first kappa shape index (κ1) is 15.1. The van der Waals surface area contributed by atoms with E-state index in [4.69, 9.17) is 16.0 Å². The molecule has 3 rings (SSSR count). The maximum absolute atomic E-state index is 6.20. The minimum atomic E-state index is 0.736. The molecule has 0 saturated carbocycles. The van der Waals surface area contributed by atoms with E-state index in [9.17, 15) is 0 Å². The standard InChI is InChI=1S/C19H20ClNO/c1-3-21(4-2)13-18-19(14-8-6-5-7-9-14)16-12-15(20)10-11-17(16)22-18/h5-12H,3-4,13H2,1-2H3. The van der Waals surface area contributed by atoms with Gasteiger partial charge in [0, 0.05) is 16.0 Å². The molecule has 0 radical (unpaired) electrons. The summed E-state index contributed by atoms with van der Waals surface area (Å²) in [5, 5.41) is 1.82. The van der Waals surface area contributed by atoms with Crippen LogP contribution in [0.5, 0.6) is 0 Å². The normalized spacial score (nSPS) is 11.5. The van der Waals surface area contributed by atoms with Crippen LogP contribution >= 0.6 is 11.6 Å². The third-order valence-corrected chi connectivity index (χ3v) is 4.28.